The SMILES string of the molecule is CCCCNC(=O)NC1C(=O)N2C1SC(C)(C)C2C(=O)O. The molecule has 2 fully saturated rings. The molecule has 3 amide bonds. The minimum Gasteiger partial charge on any atom is -0.480 e. The third-order valence-electron chi connectivity index (χ3n) is 3.78. The molecule has 7 nitrogen and oxygen atoms in total. The van der Waals surface area contributed by atoms with Crippen molar-refractivity contribution < 1.29 is 19.5 Å². The number of nitrogens with zero attached hydrogens (tertiary/aromatic N) is 1. The highest BCUT2D eigenvalue weighted by Crippen LogP contribution is 2.50. The van der Waals surface area contributed by atoms with Crippen LogP contribution in [0.3, 0.4) is 0 Å². The van der Waals surface area contributed by atoms with Crippen LogP contribution in [0.1, 0.15) is 33.6 Å². The highest BCUT2D eigenvalue weighted by atomic mass is 32.2. The fourth-order valence-electron chi connectivity index (χ4n) is 2.72. The summed E-state index contributed by atoms with van der Waals surface area (Å²) in [6.07, 6.45) is 1.85. The third kappa shape index (κ3) is 2.81. The summed E-state index contributed by atoms with van der Waals surface area (Å²) in [5.41, 5.74) is 0. The number of carboxylic acid groups (broad SMARTS) is 1. The number of β-lactam (4-membered cyclic amide) rings is 1. The molecular formula is C13H21N3O4S. The minimum atomic E-state index is -1.01. The van der Waals surface area contributed by atoms with Gasteiger partial charge in [-0.1, -0.05) is 13.3 Å². The quantitative estimate of drug-likeness (QED) is 0.510. The van der Waals surface area contributed by atoms with Gasteiger partial charge in [-0.25, -0.2) is 9.59 Å². The normalized spacial score (nSPS) is 29.6. The van der Waals surface area contributed by atoms with E-state index in [1.807, 2.05) is 6.92 Å². The van der Waals surface area contributed by atoms with Crippen LogP contribution in [-0.2, 0) is 9.59 Å². The molecule has 0 saturated carbocycles. The molecule has 0 radical (unpaired) electrons. The van der Waals surface area contributed by atoms with Gasteiger partial charge in [-0.15, -0.1) is 11.8 Å². The van der Waals surface area contributed by atoms with Gasteiger partial charge in [0.2, 0.25) is 5.91 Å². The average molecular weight is 315 g/mol. The summed E-state index contributed by atoms with van der Waals surface area (Å²) >= 11 is 1.42. The summed E-state index contributed by atoms with van der Waals surface area (Å²) in [6.45, 7) is 6.20. The fraction of sp³-hybridized carbons (Fsp3) is 0.769. The minimum absolute atomic E-state index is 0.300. The maximum atomic E-state index is 12.1. The van der Waals surface area contributed by atoms with Gasteiger partial charge in [0.25, 0.3) is 0 Å². The van der Waals surface area contributed by atoms with Crippen LogP contribution >= 0.6 is 11.8 Å². The van der Waals surface area contributed by atoms with Crippen LogP contribution < -0.4 is 10.6 Å². The number of unbranched alkanes of at least 4 members (excludes halogenated alkanes) is 1. The summed E-state index contributed by atoms with van der Waals surface area (Å²) in [5, 5.41) is 14.3. The third-order valence-corrected chi connectivity index (χ3v) is 5.35. The molecule has 0 bridgehead atoms. The van der Waals surface area contributed by atoms with Crippen molar-refractivity contribution >= 4 is 29.7 Å². The van der Waals surface area contributed by atoms with Crippen molar-refractivity contribution in [1.82, 2.24) is 15.5 Å². The molecular weight excluding hydrogens is 294 g/mol. The van der Waals surface area contributed by atoms with Crippen molar-refractivity contribution in [2.75, 3.05) is 6.54 Å². The molecule has 118 valence electrons. The van der Waals surface area contributed by atoms with Gasteiger partial charge in [-0.3, -0.25) is 4.79 Å². The number of hydrogen-bond donors (Lipinski definition) is 3. The van der Waals surface area contributed by atoms with Crippen molar-refractivity contribution in [2.45, 2.75) is 55.8 Å². The van der Waals surface area contributed by atoms with Gasteiger partial charge in [-0.2, -0.15) is 0 Å². The first-order valence-corrected chi connectivity index (χ1v) is 7.94. The molecule has 2 heterocycles. The van der Waals surface area contributed by atoms with E-state index < -0.39 is 22.8 Å². The van der Waals surface area contributed by atoms with Gasteiger partial charge in [-0.05, 0) is 20.3 Å². The highest BCUT2D eigenvalue weighted by Gasteiger charge is 2.64. The molecule has 3 unspecified atom stereocenters. The average Bonchev–Trinajstić information content (AvgIpc) is 2.65. The standard InChI is InChI=1S/C13H21N3O4S/c1-4-5-6-14-12(20)15-7-9(17)16-8(11(18)19)13(2,3)21-10(7)16/h7-8,10H,4-6H2,1-3H3,(H,18,19)(H2,14,15,20). The molecule has 2 rings (SSSR count). The Labute approximate surface area is 127 Å². The van der Waals surface area contributed by atoms with Crippen LogP contribution in [0.2, 0.25) is 0 Å². The Morgan fingerprint density at radius 2 is 2.10 bits per heavy atom. The lowest BCUT2D eigenvalue weighted by Crippen LogP contribution is -2.71. The second-order valence-corrected chi connectivity index (χ2v) is 7.60. The van der Waals surface area contributed by atoms with Crippen molar-refractivity contribution in [1.29, 1.82) is 0 Å². The van der Waals surface area contributed by atoms with E-state index in [4.69, 9.17) is 0 Å². The van der Waals surface area contributed by atoms with Gasteiger partial charge in [0, 0.05) is 11.3 Å². The summed E-state index contributed by atoms with van der Waals surface area (Å²) < 4.78 is -0.568. The largest absolute Gasteiger partial charge is 0.480 e. The molecule has 2 saturated heterocycles. The number of carbonyl (C=O) groups excluding carboxylic acids is 2. The first-order valence-electron chi connectivity index (χ1n) is 7.06. The van der Waals surface area contributed by atoms with Crippen molar-refractivity contribution in [2.24, 2.45) is 0 Å². The highest BCUT2D eigenvalue weighted by molar-refractivity contribution is 8.01. The predicted molar refractivity (Wildman–Crippen MR) is 79.0 cm³/mol. The Balaban J connectivity index is 1.97. The monoisotopic (exact) mass is 315 g/mol. The van der Waals surface area contributed by atoms with Crippen LogP contribution in [0.5, 0.6) is 0 Å². The first kappa shape index (κ1) is 15.9. The molecule has 0 aliphatic carbocycles. The van der Waals surface area contributed by atoms with E-state index >= 15 is 0 Å². The summed E-state index contributed by atoms with van der Waals surface area (Å²) in [4.78, 5) is 36.5. The number of rotatable bonds is 5. The maximum Gasteiger partial charge on any atom is 0.327 e. The Kier molecular flexibility index (Phi) is 4.36. The number of carboxylic acids is 1. The van der Waals surface area contributed by atoms with E-state index in [2.05, 4.69) is 10.6 Å². The van der Waals surface area contributed by atoms with E-state index in [1.165, 1.54) is 16.7 Å². The van der Waals surface area contributed by atoms with Gasteiger partial charge >= 0.3 is 12.0 Å². The summed E-state index contributed by atoms with van der Waals surface area (Å²) in [7, 11) is 0. The van der Waals surface area contributed by atoms with Crippen LogP contribution in [0.25, 0.3) is 0 Å². The predicted octanol–water partition coefficient (Wildman–Crippen LogP) is 0.601. The first-order chi connectivity index (χ1) is 9.79. The van der Waals surface area contributed by atoms with Gasteiger partial charge in [0.15, 0.2) is 0 Å². The lowest BCUT2D eigenvalue weighted by molar-refractivity contribution is -0.159. The number of urea groups is 1. The zero-order valence-corrected chi connectivity index (χ0v) is 13.2. The Morgan fingerprint density at radius 1 is 1.43 bits per heavy atom. The number of hydrogen-bond acceptors (Lipinski definition) is 4. The van der Waals surface area contributed by atoms with Crippen molar-refractivity contribution in [3.8, 4) is 0 Å². The van der Waals surface area contributed by atoms with Gasteiger partial charge in [0.05, 0.1) is 0 Å². The second kappa shape index (κ2) is 5.75. The van der Waals surface area contributed by atoms with E-state index in [9.17, 15) is 19.5 Å². The molecule has 21 heavy (non-hydrogen) atoms. The van der Waals surface area contributed by atoms with Crippen LogP contribution in [0.15, 0.2) is 0 Å². The van der Waals surface area contributed by atoms with E-state index in [0.29, 0.717) is 6.54 Å². The number of amides is 3. The zero-order valence-electron chi connectivity index (χ0n) is 12.4. The Morgan fingerprint density at radius 3 is 2.67 bits per heavy atom. The lowest BCUT2D eigenvalue weighted by Gasteiger charge is -2.43. The van der Waals surface area contributed by atoms with Crippen LogP contribution in [0.4, 0.5) is 4.79 Å². The molecule has 0 aromatic carbocycles. The second-order valence-electron chi connectivity index (χ2n) is 5.83. The summed E-state index contributed by atoms with van der Waals surface area (Å²) in [6, 6.07) is -1.86. The molecule has 2 aliphatic rings. The molecule has 0 aromatic rings. The molecule has 3 N–H and O–H groups in total. The number of carbonyl (C=O) groups is 3. The lowest BCUT2D eigenvalue weighted by atomic mass is 9.96. The number of thioether (sulfide) groups is 1. The van der Waals surface area contributed by atoms with Crippen LogP contribution in [-0.4, -0.2) is 56.7 Å². The van der Waals surface area contributed by atoms with Gasteiger partial charge < -0.3 is 20.6 Å². The van der Waals surface area contributed by atoms with Crippen molar-refractivity contribution in [3.63, 3.8) is 0 Å². The molecule has 8 heteroatoms. The van der Waals surface area contributed by atoms with E-state index in [0.717, 1.165) is 12.8 Å². The molecule has 2 aliphatic heterocycles. The number of nitrogens with one attached hydrogen (secondary N) is 2. The fourth-order valence-corrected chi connectivity index (χ4v) is 4.34. The Hall–Kier alpha value is -1.44. The molecule has 3 atom stereocenters. The molecule has 0 aromatic heterocycles. The zero-order chi connectivity index (χ0) is 15.8. The van der Waals surface area contributed by atoms with Crippen LogP contribution in [0, 0.1) is 0 Å². The summed E-state index contributed by atoms with van der Waals surface area (Å²) in [5.74, 6) is -1.33. The van der Waals surface area contributed by atoms with Crippen molar-refractivity contribution in [3.05, 3.63) is 0 Å². The maximum absolute atomic E-state index is 12.1. The number of fused-ring (bicyclic) bond motifs is 1. The van der Waals surface area contributed by atoms with Gasteiger partial charge in [0.1, 0.15) is 17.5 Å². The Bertz CT molecular complexity index is 468. The van der Waals surface area contributed by atoms with E-state index in [1.54, 1.807) is 13.8 Å². The molecule has 0 spiro atoms. The smallest absolute Gasteiger partial charge is 0.327 e. The van der Waals surface area contributed by atoms with E-state index in [-0.39, 0.29) is 17.3 Å². The topological polar surface area (TPSA) is 98.7 Å². The number of aliphatic carboxylic acids is 1.